The zero-order valence-electron chi connectivity index (χ0n) is 11.9. The van der Waals surface area contributed by atoms with Crippen molar-refractivity contribution >= 4 is 12.2 Å². The highest BCUT2D eigenvalue weighted by atomic mass is 32.1. The molecule has 4 heteroatoms. The van der Waals surface area contributed by atoms with Crippen molar-refractivity contribution in [3.63, 3.8) is 0 Å². The highest BCUT2D eigenvalue weighted by molar-refractivity contribution is 7.71. The predicted octanol–water partition coefficient (Wildman–Crippen LogP) is 4.14. The van der Waals surface area contributed by atoms with Gasteiger partial charge in [-0.2, -0.15) is 5.10 Å². The molecule has 0 saturated heterocycles. The maximum atomic E-state index is 5.34. The molecule has 3 aromatic rings. The second-order valence-corrected chi connectivity index (χ2v) is 5.27. The van der Waals surface area contributed by atoms with Crippen LogP contribution in [0, 0.1) is 4.77 Å². The van der Waals surface area contributed by atoms with Crippen LogP contribution in [0.4, 0.5) is 0 Å². The molecule has 3 nitrogen and oxygen atoms in total. The van der Waals surface area contributed by atoms with E-state index in [9.17, 15) is 0 Å². The summed E-state index contributed by atoms with van der Waals surface area (Å²) in [7, 11) is 0. The van der Waals surface area contributed by atoms with E-state index in [-0.39, 0.29) is 5.92 Å². The third kappa shape index (κ3) is 2.67. The van der Waals surface area contributed by atoms with Crippen molar-refractivity contribution < 1.29 is 0 Å². The van der Waals surface area contributed by atoms with Gasteiger partial charge in [0.25, 0.3) is 0 Å². The van der Waals surface area contributed by atoms with Crippen molar-refractivity contribution in [1.29, 1.82) is 0 Å². The van der Waals surface area contributed by atoms with Crippen LogP contribution in [0.2, 0.25) is 0 Å². The fraction of sp³-hybridized carbons (Fsp3) is 0.176. The maximum absolute atomic E-state index is 5.34. The Kier molecular flexibility index (Phi) is 3.97. The SMILES string of the molecule is CCn1c(C(c2ccccc2)c2ccccc2)n[nH]c1=S. The summed E-state index contributed by atoms with van der Waals surface area (Å²) in [5.41, 5.74) is 2.43. The highest BCUT2D eigenvalue weighted by Crippen LogP contribution is 2.30. The van der Waals surface area contributed by atoms with Crippen LogP contribution >= 0.6 is 12.2 Å². The topological polar surface area (TPSA) is 33.6 Å². The van der Waals surface area contributed by atoms with Crippen LogP contribution in [0.3, 0.4) is 0 Å². The minimum absolute atomic E-state index is 0.0836. The molecule has 0 radical (unpaired) electrons. The molecule has 1 aromatic heterocycles. The van der Waals surface area contributed by atoms with Crippen LogP contribution in [-0.4, -0.2) is 14.8 Å². The average Bonchev–Trinajstić information content (AvgIpc) is 2.90. The molecule has 3 rings (SSSR count). The Balaban J connectivity index is 2.20. The van der Waals surface area contributed by atoms with E-state index in [1.54, 1.807) is 0 Å². The van der Waals surface area contributed by atoms with E-state index in [1.165, 1.54) is 11.1 Å². The summed E-state index contributed by atoms with van der Waals surface area (Å²) in [6.45, 7) is 2.89. The van der Waals surface area contributed by atoms with E-state index in [0.717, 1.165) is 12.4 Å². The lowest BCUT2D eigenvalue weighted by Crippen LogP contribution is -2.11. The Morgan fingerprint density at radius 1 is 1.00 bits per heavy atom. The molecule has 106 valence electrons. The fourth-order valence-electron chi connectivity index (χ4n) is 2.64. The number of hydrogen-bond acceptors (Lipinski definition) is 2. The summed E-state index contributed by atoms with van der Waals surface area (Å²) < 4.78 is 2.73. The van der Waals surface area contributed by atoms with Gasteiger partial charge in [0.15, 0.2) is 4.77 Å². The Labute approximate surface area is 129 Å². The number of nitrogens with zero attached hydrogens (tertiary/aromatic N) is 2. The molecule has 0 aliphatic carbocycles. The standard InChI is InChI=1S/C17H17N3S/c1-2-20-16(18-19-17(20)21)15(13-9-5-3-6-10-13)14-11-7-4-8-12-14/h3-12,15H,2H2,1H3,(H,19,21). The number of aromatic nitrogens is 3. The van der Waals surface area contributed by atoms with Crippen molar-refractivity contribution in [2.75, 3.05) is 0 Å². The zero-order valence-corrected chi connectivity index (χ0v) is 12.7. The molecule has 0 amide bonds. The van der Waals surface area contributed by atoms with E-state index in [4.69, 9.17) is 12.2 Å². The maximum Gasteiger partial charge on any atom is 0.195 e. The third-order valence-electron chi connectivity index (χ3n) is 3.63. The molecule has 1 N–H and O–H groups in total. The molecule has 0 aliphatic rings. The van der Waals surface area contributed by atoms with Crippen molar-refractivity contribution in [1.82, 2.24) is 14.8 Å². The van der Waals surface area contributed by atoms with E-state index >= 15 is 0 Å². The lowest BCUT2D eigenvalue weighted by Gasteiger charge is -2.18. The Bertz CT molecular complexity index is 720. The second kappa shape index (κ2) is 6.06. The van der Waals surface area contributed by atoms with Gasteiger partial charge in [-0.05, 0) is 30.3 Å². The van der Waals surface area contributed by atoms with Gasteiger partial charge in [0, 0.05) is 6.54 Å². The molecule has 2 aromatic carbocycles. The first-order valence-electron chi connectivity index (χ1n) is 7.06. The number of aromatic amines is 1. The molecule has 1 heterocycles. The molecule has 0 aliphatic heterocycles. The number of nitrogens with one attached hydrogen (secondary N) is 1. The van der Waals surface area contributed by atoms with Gasteiger partial charge in [0.2, 0.25) is 0 Å². The van der Waals surface area contributed by atoms with E-state index in [0.29, 0.717) is 4.77 Å². The van der Waals surface area contributed by atoms with Gasteiger partial charge in [-0.15, -0.1) is 0 Å². The second-order valence-electron chi connectivity index (χ2n) is 4.89. The lowest BCUT2D eigenvalue weighted by molar-refractivity contribution is 0.677. The smallest absolute Gasteiger partial charge is 0.195 e. The number of H-pyrrole nitrogens is 1. The summed E-state index contributed by atoms with van der Waals surface area (Å²) in [5.74, 6) is 1.04. The van der Waals surface area contributed by atoms with Crippen LogP contribution in [0.5, 0.6) is 0 Å². The van der Waals surface area contributed by atoms with Crippen LogP contribution < -0.4 is 0 Å². The van der Waals surface area contributed by atoms with Crippen molar-refractivity contribution in [3.05, 3.63) is 82.4 Å². The van der Waals surface area contributed by atoms with Crippen molar-refractivity contribution in [3.8, 4) is 0 Å². The van der Waals surface area contributed by atoms with Gasteiger partial charge in [-0.1, -0.05) is 60.7 Å². The van der Waals surface area contributed by atoms with Crippen LogP contribution in [0.15, 0.2) is 60.7 Å². The molecule has 0 fully saturated rings. The van der Waals surface area contributed by atoms with Crippen LogP contribution in [0.25, 0.3) is 0 Å². The van der Waals surface area contributed by atoms with Crippen LogP contribution in [-0.2, 0) is 6.54 Å². The van der Waals surface area contributed by atoms with Gasteiger partial charge >= 0.3 is 0 Å². The molecule has 0 spiro atoms. The molecule has 0 unspecified atom stereocenters. The Morgan fingerprint density at radius 2 is 1.52 bits per heavy atom. The molecule has 21 heavy (non-hydrogen) atoms. The molecule has 0 atom stereocenters. The zero-order chi connectivity index (χ0) is 14.7. The Hall–Kier alpha value is -2.20. The summed E-state index contributed by atoms with van der Waals surface area (Å²) in [6.07, 6.45) is 0. The van der Waals surface area contributed by atoms with Gasteiger partial charge in [0.1, 0.15) is 5.82 Å². The summed E-state index contributed by atoms with van der Waals surface area (Å²) in [5, 5.41) is 7.41. The summed E-state index contributed by atoms with van der Waals surface area (Å²) >= 11 is 5.34. The third-order valence-corrected chi connectivity index (χ3v) is 3.94. The first kappa shape index (κ1) is 13.8. The van der Waals surface area contributed by atoms with E-state index in [1.807, 2.05) is 12.1 Å². The first-order chi connectivity index (χ1) is 10.3. The van der Waals surface area contributed by atoms with Gasteiger partial charge in [-0.25, -0.2) is 0 Å². The van der Waals surface area contributed by atoms with Crippen LogP contribution in [0.1, 0.15) is 29.8 Å². The van der Waals surface area contributed by atoms with Gasteiger partial charge in [0.05, 0.1) is 5.92 Å². The lowest BCUT2D eigenvalue weighted by atomic mass is 9.90. The molecule has 0 saturated carbocycles. The molecule has 0 bridgehead atoms. The van der Waals surface area contributed by atoms with E-state index < -0.39 is 0 Å². The highest BCUT2D eigenvalue weighted by Gasteiger charge is 2.21. The predicted molar refractivity (Wildman–Crippen MR) is 86.9 cm³/mol. The monoisotopic (exact) mass is 295 g/mol. The molecular weight excluding hydrogens is 278 g/mol. The number of benzene rings is 2. The number of hydrogen-bond donors (Lipinski definition) is 1. The van der Waals surface area contributed by atoms with Crippen molar-refractivity contribution in [2.24, 2.45) is 0 Å². The molecular formula is C17H17N3S. The normalized spacial score (nSPS) is 11.0. The fourth-order valence-corrected chi connectivity index (χ4v) is 2.91. The van der Waals surface area contributed by atoms with Gasteiger partial charge < -0.3 is 4.57 Å². The van der Waals surface area contributed by atoms with E-state index in [2.05, 4.69) is 70.2 Å². The average molecular weight is 295 g/mol. The minimum atomic E-state index is 0.0836. The minimum Gasteiger partial charge on any atom is -0.304 e. The number of rotatable bonds is 4. The van der Waals surface area contributed by atoms with Crippen molar-refractivity contribution in [2.45, 2.75) is 19.4 Å². The Morgan fingerprint density at radius 3 is 2.00 bits per heavy atom. The summed E-state index contributed by atoms with van der Waals surface area (Å²) in [6, 6.07) is 20.8. The van der Waals surface area contributed by atoms with Gasteiger partial charge in [-0.3, -0.25) is 5.10 Å². The largest absolute Gasteiger partial charge is 0.304 e. The quantitative estimate of drug-likeness (QED) is 0.734. The first-order valence-corrected chi connectivity index (χ1v) is 7.47. The summed E-state index contributed by atoms with van der Waals surface area (Å²) in [4.78, 5) is 0.